The van der Waals surface area contributed by atoms with Crippen LogP contribution in [0.5, 0.6) is 0 Å². The molecule has 2 rings (SSSR count). The van der Waals surface area contributed by atoms with Crippen LogP contribution in [-0.2, 0) is 105 Å². The number of carbonyl (C=O) groups is 13. The number of hydrogen-bond donors (Lipinski definition) is 8. The molecule has 2 saturated heterocycles. The smallest absolute Gasteiger partial charge is 0.407 e. The van der Waals surface area contributed by atoms with E-state index in [9.17, 15) is 67.4 Å². The van der Waals surface area contributed by atoms with E-state index in [4.69, 9.17) is 52.2 Å². The SMILES string of the molecule is CC(=O)N[C@H]1[C@H](OCCCNC(=O)CCNC(=O)NOCC(O)COC(=O)NCCC(=O)NC(=O)CC[C@H]2O[C@H](COC(C)=O)[C@H](OC(C)=O)[C@H](OC(C)=O)[C@@H]2NC(C)=O)O[C@H](COC(C)=O)[C@H](OC(C)=O)[C@@H]1OC(C)=O. The maximum absolute atomic E-state index is 12.7. The molecule has 0 radical (unpaired) electrons. The Labute approximate surface area is 441 Å². The number of hydrogen-bond acceptors (Lipinski definition) is 25. The van der Waals surface area contributed by atoms with Crippen molar-refractivity contribution in [2.24, 2.45) is 0 Å². The summed E-state index contributed by atoms with van der Waals surface area (Å²) < 4.78 is 54.2. The molecule has 1 unspecified atom stereocenters. The fourth-order valence-electron chi connectivity index (χ4n) is 7.32. The molecule has 434 valence electrons. The lowest BCUT2D eigenvalue weighted by Gasteiger charge is -2.45. The van der Waals surface area contributed by atoms with Crippen molar-refractivity contribution in [2.45, 2.75) is 155 Å². The van der Waals surface area contributed by atoms with Gasteiger partial charge in [-0.25, -0.2) is 15.1 Å². The molecule has 2 aliphatic rings. The van der Waals surface area contributed by atoms with Gasteiger partial charge in [0.1, 0.15) is 50.8 Å². The van der Waals surface area contributed by atoms with Crippen molar-refractivity contribution >= 4 is 77.5 Å². The molecule has 32 nitrogen and oxygen atoms in total. The van der Waals surface area contributed by atoms with Gasteiger partial charge in [0.25, 0.3) is 0 Å². The fraction of sp³-hybridized carbons (Fsp3) is 0.711. The van der Waals surface area contributed by atoms with E-state index in [2.05, 4.69) is 31.9 Å². The number of amides is 8. The first-order valence-corrected chi connectivity index (χ1v) is 24.0. The summed E-state index contributed by atoms with van der Waals surface area (Å²) >= 11 is 0. The van der Waals surface area contributed by atoms with Gasteiger partial charge in [-0.2, -0.15) is 0 Å². The molecule has 0 saturated carbocycles. The Kier molecular flexibility index (Phi) is 29.4. The van der Waals surface area contributed by atoms with Gasteiger partial charge in [-0.05, 0) is 12.8 Å². The van der Waals surface area contributed by atoms with Crippen LogP contribution in [-0.4, -0.2) is 202 Å². The summed E-state index contributed by atoms with van der Waals surface area (Å²) in [5.74, 6) is -7.75. The highest BCUT2D eigenvalue weighted by Gasteiger charge is 2.52. The van der Waals surface area contributed by atoms with E-state index in [1.807, 2.05) is 5.48 Å². The molecule has 0 bridgehead atoms. The molecule has 0 aromatic rings. The number of esters is 6. The van der Waals surface area contributed by atoms with Crippen LogP contribution < -0.4 is 37.4 Å². The number of aliphatic hydroxyl groups is 1. The molecule has 8 amide bonds. The van der Waals surface area contributed by atoms with Crippen molar-refractivity contribution in [1.29, 1.82) is 0 Å². The Hall–Kier alpha value is -7.29. The standard InChI is InChI=1S/C45H69N7O25/c1-22(53)49-37-31(76-32(20-68-24(3)55)39(72-26(5)57)41(37)74-28(7)59)10-11-35(63)51-36(64)13-16-48-45(66)70-18-30(61)19-71-52-44(65)47-15-12-34(62)46-14-9-17-67-43-38(50-23(2)54)42(75-29(8)60)40(73-27(6)58)33(77-43)21-69-25(4)56/h30-33,37-43,61H,9-21H2,1-8H3,(H,46,62)(H,48,66)(H,49,53)(H,50,54)(H2,47,52,65)(H,51,63,64)/t30?,31-,32-,33-,37-,38-,39+,40+,41-,42-,43-/m1/s1. The number of imide groups is 1. The molecule has 32 heteroatoms. The summed E-state index contributed by atoms with van der Waals surface area (Å²) in [5.41, 5.74) is 1.97. The number of ether oxygens (including phenoxy) is 10. The number of nitrogens with one attached hydrogen (secondary N) is 7. The van der Waals surface area contributed by atoms with Gasteiger partial charge < -0.3 is 79.1 Å². The van der Waals surface area contributed by atoms with Crippen LogP contribution in [0, 0.1) is 0 Å². The van der Waals surface area contributed by atoms with E-state index in [1.165, 1.54) is 13.8 Å². The summed E-state index contributed by atoms with van der Waals surface area (Å²) in [4.78, 5) is 162. The summed E-state index contributed by atoms with van der Waals surface area (Å²) in [6.07, 6.45) is -13.4. The Bertz CT molecular complexity index is 2080. The number of carbonyl (C=O) groups excluding carboxylic acids is 13. The highest BCUT2D eigenvalue weighted by Crippen LogP contribution is 2.30. The molecule has 0 aromatic heterocycles. The number of rotatable bonds is 29. The van der Waals surface area contributed by atoms with Gasteiger partial charge in [0.15, 0.2) is 30.7 Å². The van der Waals surface area contributed by atoms with Crippen LogP contribution >= 0.6 is 0 Å². The third-order valence-corrected chi connectivity index (χ3v) is 10.3. The van der Waals surface area contributed by atoms with Crippen LogP contribution in [0.1, 0.15) is 87.5 Å². The zero-order valence-corrected chi connectivity index (χ0v) is 43.8. The summed E-state index contributed by atoms with van der Waals surface area (Å²) in [6, 6.07) is -3.21. The van der Waals surface area contributed by atoms with Gasteiger partial charge in [0.2, 0.25) is 29.5 Å². The lowest BCUT2D eigenvalue weighted by Crippen LogP contribution is -2.66. The Morgan fingerprint density at radius 2 is 1.00 bits per heavy atom. The zero-order valence-electron chi connectivity index (χ0n) is 43.8. The van der Waals surface area contributed by atoms with Crippen molar-refractivity contribution in [2.75, 3.05) is 52.7 Å². The van der Waals surface area contributed by atoms with E-state index >= 15 is 0 Å². The average molecular weight is 1110 g/mol. The van der Waals surface area contributed by atoms with Crippen molar-refractivity contribution in [1.82, 2.24) is 37.4 Å². The number of urea groups is 1. The minimum Gasteiger partial charge on any atom is -0.463 e. The molecular formula is C45H69N7O25. The van der Waals surface area contributed by atoms with Crippen molar-refractivity contribution in [3.63, 3.8) is 0 Å². The molecule has 0 aliphatic carbocycles. The molecule has 2 heterocycles. The van der Waals surface area contributed by atoms with Crippen LogP contribution in [0.3, 0.4) is 0 Å². The lowest BCUT2D eigenvalue weighted by molar-refractivity contribution is -0.277. The van der Waals surface area contributed by atoms with Crippen molar-refractivity contribution < 1.29 is 120 Å². The van der Waals surface area contributed by atoms with Crippen molar-refractivity contribution in [3.8, 4) is 0 Å². The highest BCUT2D eigenvalue weighted by atomic mass is 16.7. The molecule has 11 atom stereocenters. The summed E-state index contributed by atoms with van der Waals surface area (Å²) in [7, 11) is 0. The van der Waals surface area contributed by atoms with Gasteiger partial charge in [0.05, 0.1) is 18.8 Å². The lowest BCUT2D eigenvalue weighted by atomic mass is 9.89. The van der Waals surface area contributed by atoms with E-state index < -0.39 is 178 Å². The molecular weight excluding hydrogens is 1040 g/mol. The first kappa shape index (κ1) is 65.8. The first-order valence-electron chi connectivity index (χ1n) is 24.0. The molecule has 2 fully saturated rings. The predicted octanol–water partition coefficient (Wildman–Crippen LogP) is -3.61. The normalized spacial score (nSPS) is 22.9. The second-order valence-electron chi connectivity index (χ2n) is 17.0. The maximum atomic E-state index is 12.7. The van der Waals surface area contributed by atoms with E-state index in [-0.39, 0.29) is 51.9 Å². The molecule has 0 aromatic carbocycles. The largest absolute Gasteiger partial charge is 0.463 e. The third kappa shape index (κ3) is 26.9. The summed E-state index contributed by atoms with van der Waals surface area (Å²) in [6.45, 7) is 6.52. The zero-order chi connectivity index (χ0) is 57.8. The number of alkyl carbamates (subject to hydrolysis) is 1. The third-order valence-electron chi connectivity index (χ3n) is 10.3. The first-order chi connectivity index (χ1) is 36.2. The van der Waals surface area contributed by atoms with E-state index in [0.29, 0.717) is 0 Å². The van der Waals surface area contributed by atoms with Crippen LogP contribution in [0.4, 0.5) is 9.59 Å². The predicted molar refractivity (Wildman–Crippen MR) is 251 cm³/mol. The molecule has 8 N–H and O–H groups in total. The van der Waals surface area contributed by atoms with Crippen molar-refractivity contribution in [3.05, 3.63) is 0 Å². The maximum Gasteiger partial charge on any atom is 0.407 e. The van der Waals surface area contributed by atoms with E-state index in [0.717, 1.165) is 41.5 Å². The van der Waals surface area contributed by atoms with E-state index in [1.54, 1.807) is 0 Å². The van der Waals surface area contributed by atoms with Crippen LogP contribution in [0.25, 0.3) is 0 Å². The Morgan fingerprint density at radius 3 is 1.55 bits per heavy atom. The van der Waals surface area contributed by atoms with Gasteiger partial charge in [-0.3, -0.25) is 62.9 Å². The van der Waals surface area contributed by atoms with Gasteiger partial charge in [0, 0.05) is 94.3 Å². The van der Waals surface area contributed by atoms with Crippen LogP contribution in [0.15, 0.2) is 0 Å². The molecule has 77 heavy (non-hydrogen) atoms. The topological polar surface area (TPSA) is 428 Å². The summed E-state index contributed by atoms with van der Waals surface area (Å²) in [5, 5.41) is 24.6. The van der Waals surface area contributed by atoms with Gasteiger partial charge in [-0.1, -0.05) is 0 Å². The molecule has 2 aliphatic heterocycles. The van der Waals surface area contributed by atoms with Crippen LogP contribution in [0.2, 0.25) is 0 Å². The number of aliphatic hydroxyl groups excluding tert-OH is 1. The number of hydroxylamine groups is 1. The average Bonchev–Trinajstić information content (AvgIpc) is 3.31. The Balaban J connectivity index is 1.70. The quantitative estimate of drug-likeness (QED) is 0.0155. The fourth-order valence-corrected chi connectivity index (χ4v) is 7.32. The minimum absolute atomic E-state index is 0.0715. The second-order valence-corrected chi connectivity index (χ2v) is 17.0. The molecule has 0 spiro atoms. The second kappa shape index (κ2) is 34.4. The Morgan fingerprint density at radius 1 is 0.506 bits per heavy atom. The minimum atomic E-state index is -1.43. The monoisotopic (exact) mass is 1110 g/mol. The van der Waals surface area contributed by atoms with Gasteiger partial charge in [-0.15, -0.1) is 0 Å². The van der Waals surface area contributed by atoms with Gasteiger partial charge >= 0.3 is 47.9 Å². The highest BCUT2D eigenvalue weighted by molar-refractivity contribution is 5.95.